The molecule has 22 heavy (non-hydrogen) atoms. The van der Waals surface area contributed by atoms with Crippen LogP contribution in [0.15, 0.2) is 24.3 Å². The van der Waals surface area contributed by atoms with Crippen LogP contribution in [-0.2, 0) is 9.84 Å². The molecule has 0 aliphatic carbocycles. The van der Waals surface area contributed by atoms with Gasteiger partial charge in [0.25, 0.3) is 0 Å². The van der Waals surface area contributed by atoms with Crippen molar-refractivity contribution < 1.29 is 22.7 Å². The van der Waals surface area contributed by atoms with Gasteiger partial charge in [0.15, 0.2) is 21.3 Å². The van der Waals surface area contributed by atoms with Crippen molar-refractivity contribution in [3.63, 3.8) is 0 Å². The molecule has 1 aliphatic heterocycles. The molecule has 1 aromatic carbocycles. The fraction of sp³-hybridized carbons (Fsp3) is 0.500. The number of nitrogens with one attached hydrogen (secondary N) is 2. The zero-order valence-corrected chi connectivity index (χ0v) is 13.2. The van der Waals surface area contributed by atoms with Crippen molar-refractivity contribution >= 4 is 15.9 Å². The van der Waals surface area contributed by atoms with Gasteiger partial charge in [-0.15, -0.1) is 0 Å². The van der Waals surface area contributed by atoms with E-state index in [1.807, 2.05) is 12.1 Å². The summed E-state index contributed by atoms with van der Waals surface area (Å²) in [5.74, 6) is 1.38. The fourth-order valence-corrected chi connectivity index (χ4v) is 3.88. The zero-order valence-electron chi connectivity index (χ0n) is 12.4. The third-order valence-electron chi connectivity index (χ3n) is 3.28. The largest absolute Gasteiger partial charge is 0.493 e. The minimum Gasteiger partial charge on any atom is -0.493 e. The molecule has 1 aromatic rings. The molecule has 122 valence electrons. The standard InChI is InChI=1S/C14H20N2O5S/c1-20-12-4-2-3-5-13(12)21-8-7-15-14(17)16-11-6-9-22(18,19)10-11/h2-5,11H,6-10H2,1H3,(H2,15,16,17)/t11-/m1/s1. The minimum atomic E-state index is -2.99. The van der Waals surface area contributed by atoms with Crippen LogP contribution in [0.3, 0.4) is 0 Å². The molecule has 1 heterocycles. The summed E-state index contributed by atoms with van der Waals surface area (Å²) in [6.45, 7) is 0.597. The number of hydrogen-bond donors (Lipinski definition) is 2. The normalized spacial score (nSPS) is 19.4. The maximum atomic E-state index is 11.6. The Bertz CT molecular complexity index is 617. The Morgan fingerprint density at radius 1 is 1.32 bits per heavy atom. The number of carbonyl (C=O) groups is 1. The number of urea groups is 1. The molecule has 8 heteroatoms. The number of ether oxygens (including phenoxy) is 2. The van der Waals surface area contributed by atoms with Gasteiger partial charge in [0.2, 0.25) is 0 Å². The first kappa shape index (κ1) is 16.4. The highest BCUT2D eigenvalue weighted by Crippen LogP contribution is 2.25. The van der Waals surface area contributed by atoms with Crippen LogP contribution in [0.2, 0.25) is 0 Å². The monoisotopic (exact) mass is 328 g/mol. The Balaban J connectivity index is 1.67. The number of sulfone groups is 1. The molecule has 0 spiro atoms. The molecule has 2 N–H and O–H groups in total. The smallest absolute Gasteiger partial charge is 0.315 e. The van der Waals surface area contributed by atoms with Crippen molar-refractivity contribution in [3.05, 3.63) is 24.3 Å². The second kappa shape index (κ2) is 7.35. The predicted molar refractivity (Wildman–Crippen MR) is 82.1 cm³/mol. The van der Waals surface area contributed by atoms with Gasteiger partial charge in [-0.25, -0.2) is 13.2 Å². The van der Waals surface area contributed by atoms with Gasteiger partial charge in [0.1, 0.15) is 6.61 Å². The van der Waals surface area contributed by atoms with Gasteiger partial charge in [0, 0.05) is 6.04 Å². The van der Waals surface area contributed by atoms with Gasteiger partial charge in [-0.05, 0) is 18.6 Å². The predicted octanol–water partition coefficient (Wildman–Crippen LogP) is 0.560. The van der Waals surface area contributed by atoms with E-state index in [9.17, 15) is 13.2 Å². The number of para-hydroxylation sites is 2. The van der Waals surface area contributed by atoms with Gasteiger partial charge < -0.3 is 20.1 Å². The molecule has 0 radical (unpaired) electrons. The number of rotatable bonds is 6. The van der Waals surface area contributed by atoms with Crippen LogP contribution >= 0.6 is 0 Å². The molecule has 0 saturated carbocycles. The highest BCUT2D eigenvalue weighted by molar-refractivity contribution is 7.91. The number of benzene rings is 1. The zero-order chi connectivity index (χ0) is 16.0. The highest BCUT2D eigenvalue weighted by Gasteiger charge is 2.28. The topological polar surface area (TPSA) is 93.7 Å². The number of carbonyl (C=O) groups excluding carboxylic acids is 1. The van der Waals surface area contributed by atoms with E-state index in [4.69, 9.17) is 9.47 Å². The Morgan fingerprint density at radius 2 is 2.05 bits per heavy atom. The molecular weight excluding hydrogens is 308 g/mol. The van der Waals surface area contributed by atoms with Crippen molar-refractivity contribution in [1.82, 2.24) is 10.6 Å². The van der Waals surface area contributed by atoms with Gasteiger partial charge in [-0.3, -0.25) is 0 Å². The third-order valence-corrected chi connectivity index (χ3v) is 5.05. The van der Waals surface area contributed by atoms with Crippen molar-refractivity contribution in [3.8, 4) is 11.5 Å². The molecule has 1 atom stereocenters. The van der Waals surface area contributed by atoms with E-state index >= 15 is 0 Å². The van der Waals surface area contributed by atoms with Crippen LogP contribution < -0.4 is 20.1 Å². The van der Waals surface area contributed by atoms with Crippen LogP contribution in [0.25, 0.3) is 0 Å². The second-order valence-corrected chi connectivity index (χ2v) is 7.23. The van der Waals surface area contributed by atoms with Crippen molar-refractivity contribution in [1.29, 1.82) is 0 Å². The first-order valence-electron chi connectivity index (χ1n) is 7.01. The SMILES string of the molecule is COc1ccccc1OCCNC(=O)N[C@@H]1CCS(=O)(=O)C1. The molecule has 1 saturated heterocycles. The summed E-state index contributed by atoms with van der Waals surface area (Å²) >= 11 is 0. The van der Waals surface area contributed by atoms with Crippen LogP contribution in [0.1, 0.15) is 6.42 Å². The molecule has 0 aromatic heterocycles. The lowest BCUT2D eigenvalue weighted by Crippen LogP contribution is -2.43. The van der Waals surface area contributed by atoms with Crippen LogP contribution in [0, 0.1) is 0 Å². The Hall–Kier alpha value is -1.96. The third kappa shape index (κ3) is 4.80. The number of amides is 2. The molecule has 0 unspecified atom stereocenters. The highest BCUT2D eigenvalue weighted by atomic mass is 32.2. The Labute approximate surface area is 129 Å². The van der Waals surface area contributed by atoms with Gasteiger partial charge in [-0.2, -0.15) is 0 Å². The Kier molecular flexibility index (Phi) is 5.48. The summed E-state index contributed by atoms with van der Waals surface area (Å²) in [7, 11) is -1.43. The summed E-state index contributed by atoms with van der Waals surface area (Å²) in [4.78, 5) is 11.6. The first-order valence-corrected chi connectivity index (χ1v) is 8.83. The van der Waals surface area contributed by atoms with E-state index < -0.39 is 9.84 Å². The quantitative estimate of drug-likeness (QED) is 0.744. The average molecular weight is 328 g/mol. The number of methoxy groups -OCH3 is 1. The van der Waals surface area contributed by atoms with E-state index in [0.29, 0.717) is 24.5 Å². The lowest BCUT2D eigenvalue weighted by Gasteiger charge is -2.13. The maximum Gasteiger partial charge on any atom is 0.315 e. The van der Waals surface area contributed by atoms with Crippen molar-refractivity contribution in [2.75, 3.05) is 31.8 Å². The second-order valence-electron chi connectivity index (χ2n) is 5.00. The van der Waals surface area contributed by atoms with Crippen LogP contribution in [-0.4, -0.2) is 52.3 Å². The lowest BCUT2D eigenvalue weighted by molar-refractivity contribution is 0.233. The summed E-state index contributed by atoms with van der Waals surface area (Å²) in [6, 6.07) is 6.55. The fourth-order valence-electron chi connectivity index (χ4n) is 2.21. The molecule has 1 aliphatic rings. The van der Waals surface area contributed by atoms with E-state index in [-0.39, 0.29) is 30.2 Å². The summed E-state index contributed by atoms with van der Waals surface area (Å²) < 4.78 is 33.3. The molecular formula is C14H20N2O5S. The van der Waals surface area contributed by atoms with Gasteiger partial charge >= 0.3 is 6.03 Å². The number of hydrogen-bond acceptors (Lipinski definition) is 5. The van der Waals surface area contributed by atoms with Crippen molar-refractivity contribution in [2.24, 2.45) is 0 Å². The molecule has 7 nitrogen and oxygen atoms in total. The van der Waals surface area contributed by atoms with Crippen LogP contribution in [0.4, 0.5) is 4.79 Å². The van der Waals surface area contributed by atoms with Crippen LogP contribution in [0.5, 0.6) is 11.5 Å². The lowest BCUT2D eigenvalue weighted by atomic mass is 10.3. The average Bonchev–Trinajstić information content (AvgIpc) is 2.83. The van der Waals surface area contributed by atoms with Gasteiger partial charge in [0.05, 0.1) is 25.2 Å². The maximum absolute atomic E-state index is 11.6. The summed E-state index contributed by atoms with van der Waals surface area (Å²) in [6.07, 6.45) is 0.466. The van der Waals surface area contributed by atoms with E-state index in [0.717, 1.165) is 0 Å². The van der Waals surface area contributed by atoms with Crippen molar-refractivity contribution in [2.45, 2.75) is 12.5 Å². The molecule has 2 rings (SSSR count). The minimum absolute atomic E-state index is 0.0120. The van der Waals surface area contributed by atoms with Gasteiger partial charge in [-0.1, -0.05) is 12.1 Å². The summed E-state index contributed by atoms with van der Waals surface area (Å²) in [5.41, 5.74) is 0. The summed E-state index contributed by atoms with van der Waals surface area (Å²) in [5, 5.41) is 5.28. The molecule has 0 bridgehead atoms. The molecule has 2 amide bonds. The first-order chi connectivity index (χ1) is 10.5. The van der Waals surface area contributed by atoms with E-state index in [1.165, 1.54) is 0 Å². The Morgan fingerprint density at radius 3 is 2.68 bits per heavy atom. The van der Waals surface area contributed by atoms with E-state index in [2.05, 4.69) is 10.6 Å². The van der Waals surface area contributed by atoms with E-state index in [1.54, 1.807) is 19.2 Å². The molecule has 1 fully saturated rings.